The lowest BCUT2D eigenvalue weighted by atomic mass is 9.91. The second-order valence-electron chi connectivity index (χ2n) is 4.55. The van der Waals surface area contributed by atoms with Crippen LogP contribution in [0.4, 0.5) is 4.39 Å². The summed E-state index contributed by atoms with van der Waals surface area (Å²) >= 11 is 0. The summed E-state index contributed by atoms with van der Waals surface area (Å²) < 4.78 is 48.0. The van der Waals surface area contributed by atoms with E-state index >= 15 is 0 Å². The van der Waals surface area contributed by atoms with Gasteiger partial charge in [0.1, 0.15) is 11.1 Å². The second kappa shape index (κ2) is 5.98. The van der Waals surface area contributed by atoms with Crippen LogP contribution in [0.3, 0.4) is 0 Å². The molecule has 1 aliphatic heterocycles. The molecule has 0 aliphatic carbocycles. The molecule has 1 fully saturated rings. The van der Waals surface area contributed by atoms with E-state index < -0.39 is 21.2 Å². The van der Waals surface area contributed by atoms with Gasteiger partial charge in [0, 0.05) is 18.8 Å². The van der Waals surface area contributed by atoms with Crippen molar-refractivity contribution in [1.82, 2.24) is 0 Å². The van der Waals surface area contributed by atoms with Gasteiger partial charge in [-0.1, -0.05) is 18.2 Å². The van der Waals surface area contributed by atoms with E-state index in [1.165, 1.54) is 12.1 Å². The van der Waals surface area contributed by atoms with Gasteiger partial charge in [-0.15, -0.1) is 0 Å². The van der Waals surface area contributed by atoms with Crippen molar-refractivity contribution in [3.05, 3.63) is 35.6 Å². The molecular weight excluding hydrogens is 271 g/mol. The van der Waals surface area contributed by atoms with Crippen LogP contribution in [0.5, 0.6) is 0 Å². The Bertz CT molecular complexity index is 523. The molecule has 0 spiro atoms. The fraction of sp³-hybridized carbons (Fsp3) is 0.538. The van der Waals surface area contributed by atoms with Gasteiger partial charge in [0.25, 0.3) is 10.1 Å². The first-order valence-corrected chi connectivity index (χ1v) is 7.65. The maximum Gasteiger partial charge on any atom is 0.274 e. The van der Waals surface area contributed by atoms with Crippen molar-refractivity contribution in [3.8, 4) is 0 Å². The summed E-state index contributed by atoms with van der Waals surface area (Å²) in [5.74, 6) is -0.699. The molecule has 1 heterocycles. The number of ether oxygens (including phenoxy) is 1. The highest BCUT2D eigenvalue weighted by atomic mass is 32.2. The van der Waals surface area contributed by atoms with E-state index in [4.69, 9.17) is 4.74 Å². The highest BCUT2D eigenvalue weighted by Crippen LogP contribution is 2.38. The van der Waals surface area contributed by atoms with Crippen LogP contribution in [0, 0.1) is 11.7 Å². The average Bonchev–Trinajstić information content (AvgIpc) is 2.42. The molecule has 0 N–H and O–H groups in total. The van der Waals surface area contributed by atoms with Crippen LogP contribution in [-0.4, -0.2) is 28.7 Å². The standard InChI is InChI=1S/C13H17FO4S/c1-17-19(15,16)13(10-6-8-18-9-7-10)11-4-2-3-5-12(11)14/h2-5,10,13H,6-9H2,1H3/t13-/m1/s1. The number of hydrogen-bond donors (Lipinski definition) is 0. The van der Waals surface area contributed by atoms with Crippen LogP contribution in [0.15, 0.2) is 24.3 Å². The first-order chi connectivity index (χ1) is 9.06. The van der Waals surface area contributed by atoms with E-state index in [2.05, 4.69) is 4.18 Å². The molecule has 1 aromatic rings. The molecule has 1 atom stereocenters. The van der Waals surface area contributed by atoms with Crippen molar-refractivity contribution < 1.29 is 21.7 Å². The third-order valence-corrected chi connectivity index (χ3v) is 5.17. The van der Waals surface area contributed by atoms with E-state index in [9.17, 15) is 12.8 Å². The lowest BCUT2D eigenvalue weighted by molar-refractivity contribution is 0.0637. The largest absolute Gasteiger partial charge is 0.381 e. The molecule has 0 aromatic heterocycles. The Labute approximate surface area is 112 Å². The molecule has 1 saturated heterocycles. The summed E-state index contributed by atoms with van der Waals surface area (Å²) in [4.78, 5) is 0. The molecule has 106 valence electrons. The minimum Gasteiger partial charge on any atom is -0.381 e. The summed E-state index contributed by atoms with van der Waals surface area (Å²) in [5.41, 5.74) is 0.177. The van der Waals surface area contributed by atoms with Crippen LogP contribution < -0.4 is 0 Å². The molecular formula is C13H17FO4S. The van der Waals surface area contributed by atoms with Gasteiger partial charge in [-0.3, -0.25) is 4.18 Å². The Morgan fingerprint density at radius 3 is 2.53 bits per heavy atom. The lowest BCUT2D eigenvalue weighted by Crippen LogP contribution is -2.29. The highest BCUT2D eigenvalue weighted by molar-refractivity contribution is 7.87. The van der Waals surface area contributed by atoms with Crippen LogP contribution in [0.2, 0.25) is 0 Å². The first-order valence-electron chi connectivity index (χ1n) is 6.18. The zero-order valence-corrected chi connectivity index (χ0v) is 11.5. The Kier molecular flexibility index (Phi) is 4.54. The minimum absolute atomic E-state index is 0.177. The summed E-state index contributed by atoms with van der Waals surface area (Å²) in [7, 11) is -2.72. The quantitative estimate of drug-likeness (QED) is 0.798. The lowest BCUT2D eigenvalue weighted by Gasteiger charge is -2.29. The maximum absolute atomic E-state index is 13.9. The number of hydrogen-bond acceptors (Lipinski definition) is 4. The highest BCUT2D eigenvalue weighted by Gasteiger charge is 2.37. The van der Waals surface area contributed by atoms with Gasteiger partial charge in [-0.05, 0) is 24.8 Å². The van der Waals surface area contributed by atoms with E-state index in [-0.39, 0.29) is 11.5 Å². The van der Waals surface area contributed by atoms with Crippen molar-refractivity contribution in [2.75, 3.05) is 20.3 Å². The van der Waals surface area contributed by atoms with Gasteiger partial charge in [0.2, 0.25) is 0 Å². The topological polar surface area (TPSA) is 52.6 Å². The van der Waals surface area contributed by atoms with Crippen molar-refractivity contribution in [1.29, 1.82) is 0 Å². The van der Waals surface area contributed by atoms with E-state index in [1.54, 1.807) is 12.1 Å². The zero-order chi connectivity index (χ0) is 13.9. The molecule has 2 rings (SSSR count). The Morgan fingerprint density at radius 2 is 1.95 bits per heavy atom. The van der Waals surface area contributed by atoms with Crippen LogP contribution in [-0.2, 0) is 19.0 Å². The summed E-state index contributed by atoms with van der Waals surface area (Å²) in [6, 6.07) is 5.95. The monoisotopic (exact) mass is 288 g/mol. The van der Waals surface area contributed by atoms with E-state index in [0.29, 0.717) is 26.1 Å². The van der Waals surface area contributed by atoms with Crippen LogP contribution in [0.1, 0.15) is 23.7 Å². The van der Waals surface area contributed by atoms with Crippen LogP contribution in [0.25, 0.3) is 0 Å². The zero-order valence-electron chi connectivity index (χ0n) is 10.7. The van der Waals surface area contributed by atoms with Crippen molar-refractivity contribution in [3.63, 3.8) is 0 Å². The molecule has 6 heteroatoms. The fourth-order valence-corrected chi connectivity index (χ4v) is 3.93. The van der Waals surface area contributed by atoms with Crippen LogP contribution >= 0.6 is 0 Å². The van der Waals surface area contributed by atoms with Crippen molar-refractivity contribution in [2.45, 2.75) is 18.1 Å². The number of halogens is 1. The Balaban J connectivity index is 2.43. The third-order valence-electron chi connectivity index (χ3n) is 3.45. The normalized spacial score (nSPS) is 19.3. The number of rotatable bonds is 4. The Morgan fingerprint density at radius 1 is 1.32 bits per heavy atom. The molecule has 0 radical (unpaired) electrons. The van der Waals surface area contributed by atoms with E-state index in [0.717, 1.165) is 7.11 Å². The average molecular weight is 288 g/mol. The third kappa shape index (κ3) is 3.13. The minimum atomic E-state index is -3.83. The molecule has 19 heavy (non-hydrogen) atoms. The van der Waals surface area contributed by atoms with Crippen molar-refractivity contribution >= 4 is 10.1 Å². The predicted octanol–water partition coefficient (Wildman–Crippen LogP) is 2.27. The van der Waals surface area contributed by atoms with Gasteiger partial charge >= 0.3 is 0 Å². The molecule has 0 bridgehead atoms. The fourth-order valence-electron chi connectivity index (χ4n) is 2.47. The molecule has 0 amide bonds. The van der Waals surface area contributed by atoms with Gasteiger partial charge < -0.3 is 4.74 Å². The smallest absolute Gasteiger partial charge is 0.274 e. The number of benzene rings is 1. The van der Waals surface area contributed by atoms with Gasteiger partial charge in [-0.25, -0.2) is 4.39 Å². The summed E-state index contributed by atoms with van der Waals surface area (Å²) in [5, 5.41) is -0.970. The molecule has 1 aliphatic rings. The molecule has 0 unspecified atom stereocenters. The van der Waals surface area contributed by atoms with Gasteiger partial charge in [0.05, 0.1) is 7.11 Å². The SMILES string of the molecule is COS(=O)(=O)[C@@H](c1ccccc1F)C1CCOCC1. The van der Waals surface area contributed by atoms with Crippen molar-refractivity contribution in [2.24, 2.45) is 5.92 Å². The van der Waals surface area contributed by atoms with Gasteiger partial charge in [0.15, 0.2) is 0 Å². The molecule has 0 saturated carbocycles. The second-order valence-corrected chi connectivity index (χ2v) is 6.38. The Hall–Kier alpha value is -0.980. The summed E-state index contributed by atoms with van der Waals surface area (Å²) in [6.07, 6.45) is 1.17. The van der Waals surface area contributed by atoms with E-state index in [1.807, 2.05) is 0 Å². The summed E-state index contributed by atoms with van der Waals surface area (Å²) in [6.45, 7) is 0.990. The molecule has 4 nitrogen and oxygen atoms in total. The predicted molar refractivity (Wildman–Crippen MR) is 68.6 cm³/mol. The maximum atomic E-state index is 13.9. The molecule has 1 aromatic carbocycles. The van der Waals surface area contributed by atoms with Gasteiger partial charge in [-0.2, -0.15) is 8.42 Å². The first kappa shape index (κ1) is 14.4.